The summed E-state index contributed by atoms with van der Waals surface area (Å²) in [5, 5.41) is 1.86. The van der Waals surface area contributed by atoms with E-state index in [0.29, 0.717) is 36.3 Å². The number of benzene rings is 1. The van der Waals surface area contributed by atoms with Gasteiger partial charge in [-0.1, -0.05) is 26.0 Å². The highest BCUT2D eigenvalue weighted by Gasteiger charge is 2.22. The molecule has 8 heteroatoms. The van der Waals surface area contributed by atoms with Gasteiger partial charge in [-0.25, -0.2) is 4.98 Å². The van der Waals surface area contributed by atoms with Crippen LogP contribution in [-0.4, -0.2) is 57.9 Å². The van der Waals surface area contributed by atoms with Crippen LogP contribution in [0.15, 0.2) is 46.7 Å². The van der Waals surface area contributed by atoms with Gasteiger partial charge in [0.1, 0.15) is 5.75 Å². The predicted molar refractivity (Wildman–Crippen MR) is 117 cm³/mol. The smallest absolute Gasteiger partial charge is 0.260 e. The van der Waals surface area contributed by atoms with Gasteiger partial charge >= 0.3 is 0 Å². The van der Waals surface area contributed by atoms with Gasteiger partial charge in [0.15, 0.2) is 11.6 Å². The summed E-state index contributed by atoms with van der Waals surface area (Å²) in [6, 6.07) is 9.50. The van der Waals surface area contributed by atoms with Crippen LogP contribution in [0.2, 0.25) is 0 Å². The first-order chi connectivity index (χ1) is 14.5. The zero-order chi connectivity index (χ0) is 21.1. The molecule has 158 valence electrons. The zero-order valence-electron chi connectivity index (χ0n) is 17.3. The Hall–Kier alpha value is -2.71. The quantitative estimate of drug-likeness (QED) is 0.606. The largest absolute Gasteiger partial charge is 0.484 e. The summed E-state index contributed by atoms with van der Waals surface area (Å²) < 4.78 is 7.23. The van der Waals surface area contributed by atoms with Gasteiger partial charge in [-0.15, -0.1) is 11.3 Å². The van der Waals surface area contributed by atoms with E-state index in [9.17, 15) is 9.59 Å². The average Bonchev–Trinajstić information content (AvgIpc) is 3.22. The van der Waals surface area contributed by atoms with Crippen molar-refractivity contribution in [3.63, 3.8) is 0 Å². The summed E-state index contributed by atoms with van der Waals surface area (Å²) in [4.78, 5) is 34.0. The maximum absolute atomic E-state index is 12.5. The molecule has 1 aliphatic rings. The van der Waals surface area contributed by atoms with Crippen molar-refractivity contribution in [2.45, 2.75) is 26.3 Å². The van der Waals surface area contributed by atoms with E-state index >= 15 is 0 Å². The molecule has 30 heavy (non-hydrogen) atoms. The number of rotatable bonds is 6. The normalized spacial score (nSPS) is 15.1. The maximum atomic E-state index is 12.5. The monoisotopic (exact) mass is 426 g/mol. The summed E-state index contributed by atoms with van der Waals surface area (Å²) >= 11 is 1.45. The summed E-state index contributed by atoms with van der Waals surface area (Å²) in [5.41, 5.74) is 1.97. The van der Waals surface area contributed by atoms with Crippen LogP contribution in [0.3, 0.4) is 0 Å². The highest BCUT2D eigenvalue weighted by molar-refractivity contribution is 7.15. The van der Waals surface area contributed by atoms with Crippen LogP contribution in [0, 0.1) is 0 Å². The third-order valence-electron chi connectivity index (χ3n) is 5.38. The lowest BCUT2D eigenvalue weighted by Gasteiger charge is -2.34. The number of thiazole rings is 1. The van der Waals surface area contributed by atoms with E-state index in [-0.39, 0.29) is 18.1 Å². The molecule has 0 N–H and O–H groups in total. The molecule has 0 spiro atoms. The van der Waals surface area contributed by atoms with E-state index in [1.54, 1.807) is 16.7 Å². The van der Waals surface area contributed by atoms with E-state index in [0.717, 1.165) is 18.8 Å². The van der Waals surface area contributed by atoms with Crippen LogP contribution in [0.25, 0.3) is 4.96 Å². The standard InChI is InChI=1S/C22H26N4O3S/c1-16(2)17-3-5-19(6-4-17)29-15-21(28)25-9-7-24(8-10-25)14-18-13-20(27)26-11-12-30-22(26)23-18/h3-6,11-13,16H,7-10,14-15H2,1-2H3. The first-order valence-electron chi connectivity index (χ1n) is 10.2. The van der Waals surface area contributed by atoms with Crippen LogP contribution in [0.4, 0.5) is 0 Å². The number of piperazine rings is 1. The highest BCUT2D eigenvalue weighted by Crippen LogP contribution is 2.18. The summed E-state index contributed by atoms with van der Waals surface area (Å²) in [7, 11) is 0. The molecule has 1 saturated heterocycles. The van der Waals surface area contributed by atoms with Crippen LogP contribution < -0.4 is 10.3 Å². The van der Waals surface area contributed by atoms with Gasteiger partial charge < -0.3 is 9.64 Å². The average molecular weight is 427 g/mol. The Kier molecular flexibility index (Phi) is 6.15. The van der Waals surface area contributed by atoms with E-state index in [2.05, 4.69) is 23.7 Å². The van der Waals surface area contributed by atoms with Gasteiger partial charge in [-0.3, -0.25) is 18.9 Å². The van der Waals surface area contributed by atoms with Crippen LogP contribution >= 0.6 is 11.3 Å². The molecule has 1 amide bonds. The van der Waals surface area contributed by atoms with E-state index < -0.39 is 0 Å². The molecule has 0 aliphatic carbocycles. The number of nitrogens with zero attached hydrogens (tertiary/aromatic N) is 4. The number of carbonyl (C=O) groups excluding carboxylic acids is 1. The molecule has 1 aromatic carbocycles. The lowest BCUT2D eigenvalue weighted by Crippen LogP contribution is -2.49. The van der Waals surface area contributed by atoms with Gasteiger partial charge in [-0.2, -0.15) is 0 Å². The fourth-order valence-electron chi connectivity index (χ4n) is 3.54. The molecule has 4 rings (SSSR count). The second-order valence-corrected chi connectivity index (χ2v) is 8.68. The molecule has 0 atom stereocenters. The molecule has 7 nitrogen and oxygen atoms in total. The molecule has 3 heterocycles. The Bertz CT molecular complexity index is 1070. The van der Waals surface area contributed by atoms with Crippen LogP contribution in [0.5, 0.6) is 5.75 Å². The van der Waals surface area contributed by atoms with Crippen molar-refractivity contribution in [3.8, 4) is 5.75 Å². The molecule has 0 unspecified atom stereocenters. The Morgan fingerprint density at radius 1 is 1.17 bits per heavy atom. The maximum Gasteiger partial charge on any atom is 0.260 e. The molecule has 1 fully saturated rings. The minimum Gasteiger partial charge on any atom is -0.484 e. The van der Waals surface area contributed by atoms with E-state index in [4.69, 9.17) is 4.74 Å². The van der Waals surface area contributed by atoms with Crippen molar-refractivity contribution in [1.29, 1.82) is 0 Å². The number of amides is 1. The van der Waals surface area contributed by atoms with Crippen LogP contribution in [0.1, 0.15) is 31.0 Å². The first kappa shape index (κ1) is 20.6. The Labute approximate surface area is 179 Å². The Balaban J connectivity index is 1.26. The van der Waals surface area contributed by atoms with Crippen molar-refractivity contribution < 1.29 is 9.53 Å². The predicted octanol–water partition coefficient (Wildman–Crippen LogP) is 2.60. The summed E-state index contributed by atoms with van der Waals surface area (Å²) in [6.45, 7) is 7.76. The SMILES string of the molecule is CC(C)c1ccc(OCC(=O)N2CCN(Cc3cc(=O)n4ccsc4n3)CC2)cc1. The molecule has 1 aliphatic heterocycles. The van der Waals surface area contributed by atoms with Crippen molar-refractivity contribution in [3.05, 3.63) is 63.5 Å². The second-order valence-electron chi connectivity index (χ2n) is 7.81. The number of fused-ring (bicyclic) bond motifs is 1. The third-order valence-corrected chi connectivity index (χ3v) is 6.13. The van der Waals surface area contributed by atoms with Crippen molar-refractivity contribution in [2.75, 3.05) is 32.8 Å². The minimum absolute atomic E-state index is 0.000962. The van der Waals surface area contributed by atoms with E-state index in [1.165, 1.54) is 16.9 Å². The molecular formula is C22H26N4O3S. The summed E-state index contributed by atoms with van der Waals surface area (Å²) in [6.07, 6.45) is 1.74. The number of hydrogen-bond donors (Lipinski definition) is 0. The Morgan fingerprint density at radius 2 is 1.90 bits per heavy atom. The number of carbonyl (C=O) groups is 1. The van der Waals surface area contributed by atoms with E-state index in [1.807, 2.05) is 34.5 Å². The second kappa shape index (κ2) is 8.97. The highest BCUT2D eigenvalue weighted by atomic mass is 32.1. The number of hydrogen-bond acceptors (Lipinski definition) is 6. The van der Waals surface area contributed by atoms with Gasteiger partial charge in [0.05, 0.1) is 5.69 Å². The number of ether oxygens (including phenoxy) is 1. The van der Waals surface area contributed by atoms with Crippen LogP contribution in [-0.2, 0) is 11.3 Å². The van der Waals surface area contributed by atoms with Crippen molar-refractivity contribution >= 4 is 22.2 Å². The fraction of sp³-hybridized carbons (Fsp3) is 0.409. The third kappa shape index (κ3) is 4.71. The molecule has 3 aromatic rings. The topological polar surface area (TPSA) is 67.2 Å². The van der Waals surface area contributed by atoms with Gasteiger partial charge in [0.25, 0.3) is 11.5 Å². The molecule has 2 aromatic heterocycles. The first-order valence-corrected chi connectivity index (χ1v) is 11.1. The Morgan fingerprint density at radius 3 is 2.60 bits per heavy atom. The molecule has 0 bridgehead atoms. The van der Waals surface area contributed by atoms with Gasteiger partial charge in [0, 0.05) is 50.4 Å². The fourth-order valence-corrected chi connectivity index (χ4v) is 4.28. The number of aromatic nitrogens is 2. The molecule has 0 radical (unpaired) electrons. The van der Waals surface area contributed by atoms with Crippen molar-refractivity contribution in [2.24, 2.45) is 0 Å². The molecular weight excluding hydrogens is 400 g/mol. The van der Waals surface area contributed by atoms with Gasteiger partial charge in [-0.05, 0) is 23.6 Å². The zero-order valence-corrected chi connectivity index (χ0v) is 18.1. The summed E-state index contributed by atoms with van der Waals surface area (Å²) in [5.74, 6) is 1.19. The van der Waals surface area contributed by atoms with Crippen molar-refractivity contribution in [1.82, 2.24) is 19.2 Å². The lowest BCUT2D eigenvalue weighted by molar-refractivity contribution is -0.135. The lowest BCUT2D eigenvalue weighted by atomic mass is 10.0. The minimum atomic E-state index is -0.0522. The van der Waals surface area contributed by atoms with Gasteiger partial charge in [0.2, 0.25) is 0 Å². The molecule has 0 saturated carbocycles.